The Morgan fingerprint density at radius 3 is 2.55 bits per heavy atom. The van der Waals surface area contributed by atoms with Crippen LogP contribution in [0.2, 0.25) is 0 Å². The fourth-order valence-corrected chi connectivity index (χ4v) is 1.83. The van der Waals surface area contributed by atoms with Crippen molar-refractivity contribution in [3.8, 4) is 0 Å². The van der Waals surface area contributed by atoms with Gasteiger partial charge in [-0.25, -0.2) is 8.78 Å². The largest absolute Gasteiger partial charge is 0.247 e. The zero-order chi connectivity index (χ0) is 8.27. The molecule has 1 fully saturated rings. The summed E-state index contributed by atoms with van der Waals surface area (Å²) in [4.78, 5) is 0. The van der Waals surface area contributed by atoms with Crippen molar-refractivity contribution in [2.75, 3.05) is 0 Å². The van der Waals surface area contributed by atoms with Crippen molar-refractivity contribution < 1.29 is 8.78 Å². The maximum absolute atomic E-state index is 13.0. The van der Waals surface area contributed by atoms with Gasteiger partial charge in [-0.05, 0) is 25.2 Å². The zero-order valence-corrected chi connectivity index (χ0v) is 7.02. The summed E-state index contributed by atoms with van der Waals surface area (Å²) in [7, 11) is 0. The lowest BCUT2D eigenvalue weighted by Gasteiger charge is -2.27. The Balaban J connectivity index is 2.31. The summed E-state index contributed by atoms with van der Waals surface area (Å²) in [6.07, 6.45) is 1.65. The quantitative estimate of drug-likeness (QED) is 0.584. The Labute approximate surface area is 67.0 Å². The molecule has 0 heterocycles. The smallest absolute Gasteiger partial charge is 0.106 e. The van der Waals surface area contributed by atoms with E-state index in [4.69, 9.17) is 0 Å². The number of alkyl halides is 2. The number of hydrogen-bond donors (Lipinski definition) is 0. The van der Waals surface area contributed by atoms with E-state index in [9.17, 15) is 8.78 Å². The minimum absolute atomic E-state index is 0.144. The van der Waals surface area contributed by atoms with Gasteiger partial charge in [-0.2, -0.15) is 0 Å². The lowest BCUT2D eigenvalue weighted by Crippen LogP contribution is -2.26. The van der Waals surface area contributed by atoms with Crippen LogP contribution in [0.25, 0.3) is 0 Å². The molecule has 11 heavy (non-hydrogen) atoms. The van der Waals surface area contributed by atoms with Crippen molar-refractivity contribution in [3.05, 3.63) is 0 Å². The topological polar surface area (TPSA) is 0 Å². The van der Waals surface area contributed by atoms with E-state index in [-0.39, 0.29) is 12.3 Å². The Morgan fingerprint density at radius 1 is 1.27 bits per heavy atom. The van der Waals surface area contributed by atoms with Crippen LogP contribution < -0.4 is 0 Å². The van der Waals surface area contributed by atoms with E-state index in [0.29, 0.717) is 6.42 Å². The Kier molecular flexibility index (Phi) is 3.28. The molecule has 0 aromatic rings. The van der Waals surface area contributed by atoms with Gasteiger partial charge in [0.1, 0.15) is 12.3 Å². The molecule has 1 aliphatic carbocycles. The molecule has 0 amide bonds. The molecular formula is C9H16F2. The van der Waals surface area contributed by atoms with Crippen LogP contribution in [0.4, 0.5) is 8.78 Å². The number of halogens is 2. The molecule has 0 N–H and O–H groups in total. The van der Waals surface area contributed by atoms with E-state index in [1.54, 1.807) is 0 Å². The minimum atomic E-state index is -0.877. The zero-order valence-electron chi connectivity index (χ0n) is 7.02. The van der Waals surface area contributed by atoms with Gasteiger partial charge in [-0.3, -0.25) is 0 Å². The van der Waals surface area contributed by atoms with Gasteiger partial charge in [-0.15, -0.1) is 0 Å². The molecule has 0 bridgehead atoms. The van der Waals surface area contributed by atoms with Crippen LogP contribution in [0.3, 0.4) is 0 Å². The van der Waals surface area contributed by atoms with Crippen LogP contribution in [-0.4, -0.2) is 12.3 Å². The third-order valence-electron chi connectivity index (χ3n) is 2.50. The molecule has 0 radical (unpaired) electrons. The Bertz CT molecular complexity index is 114. The summed E-state index contributed by atoms with van der Waals surface area (Å²) >= 11 is 0. The molecule has 1 rings (SSSR count). The van der Waals surface area contributed by atoms with Crippen LogP contribution in [0.5, 0.6) is 0 Å². The van der Waals surface area contributed by atoms with Gasteiger partial charge in [0.25, 0.3) is 0 Å². The van der Waals surface area contributed by atoms with Gasteiger partial charge in [0.15, 0.2) is 0 Å². The van der Waals surface area contributed by atoms with Gasteiger partial charge >= 0.3 is 0 Å². The minimum Gasteiger partial charge on any atom is -0.247 e. The van der Waals surface area contributed by atoms with Crippen molar-refractivity contribution in [2.45, 2.75) is 51.4 Å². The van der Waals surface area contributed by atoms with Crippen LogP contribution in [0.15, 0.2) is 0 Å². The van der Waals surface area contributed by atoms with E-state index in [1.807, 2.05) is 6.92 Å². The third-order valence-corrected chi connectivity index (χ3v) is 2.50. The van der Waals surface area contributed by atoms with E-state index >= 15 is 0 Å². The second kappa shape index (κ2) is 4.03. The maximum Gasteiger partial charge on any atom is 0.106 e. The number of rotatable bonds is 2. The maximum atomic E-state index is 13.0. The van der Waals surface area contributed by atoms with Crippen LogP contribution in [-0.2, 0) is 0 Å². The van der Waals surface area contributed by atoms with Gasteiger partial charge < -0.3 is 0 Å². The standard InChI is InChI=1S/C9H16F2/c1-2-3-7-4-5-8(10)6-9(7)11/h7-9H,2-6H2,1H3. The van der Waals surface area contributed by atoms with Gasteiger partial charge in [0.2, 0.25) is 0 Å². The van der Waals surface area contributed by atoms with Crippen molar-refractivity contribution >= 4 is 0 Å². The molecule has 0 aliphatic heterocycles. The fourth-order valence-electron chi connectivity index (χ4n) is 1.83. The molecule has 3 unspecified atom stereocenters. The summed E-state index contributed by atoms with van der Waals surface area (Å²) in [6, 6.07) is 0. The molecule has 0 nitrogen and oxygen atoms in total. The first-order valence-corrected chi connectivity index (χ1v) is 4.52. The summed E-state index contributed by atoms with van der Waals surface area (Å²) in [5.41, 5.74) is 0. The molecule has 1 saturated carbocycles. The van der Waals surface area contributed by atoms with Gasteiger partial charge in [-0.1, -0.05) is 13.3 Å². The van der Waals surface area contributed by atoms with Crippen LogP contribution >= 0.6 is 0 Å². The van der Waals surface area contributed by atoms with E-state index in [0.717, 1.165) is 19.3 Å². The summed E-state index contributed by atoms with van der Waals surface area (Å²) < 4.78 is 25.7. The Hall–Kier alpha value is -0.140. The predicted molar refractivity (Wildman–Crippen MR) is 42.0 cm³/mol. The molecule has 0 spiro atoms. The average Bonchev–Trinajstić information content (AvgIpc) is 1.95. The molecule has 2 heteroatoms. The van der Waals surface area contributed by atoms with Gasteiger partial charge in [0.05, 0.1) is 0 Å². The summed E-state index contributed by atoms with van der Waals surface area (Å²) in [6.45, 7) is 2.05. The Morgan fingerprint density at radius 2 is 2.00 bits per heavy atom. The highest BCUT2D eigenvalue weighted by Crippen LogP contribution is 2.31. The van der Waals surface area contributed by atoms with E-state index in [2.05, 4.69) is 0 Å². The molecule has 3 atom stereocenters. The highest BCUT2D eigenvalue weighted by Gasteiger charge is 2.29. The fraction of sp³-hybridized carbons (Fsp3) is 1.00. The average molecular weight is 162 g/mol. The van der Waals surface area contributed by atoms with Crippen LogP contribution in [0.1, 0.15) is 39.0 Å². The predicted octanol–water partition coefficient (Wildman–Crippen LogP) is 3.26. The highest BCUT2D eigenvalue weighted by atomic mass is 19.1. The molecule has 1 aliphatic rings. The van der Waals surface area contributed by atoms with Crippen molar-refractivity contribution in [2.24, 2.45) is 5.92 Å². The van der Waals surface area contributed by atoms with Gasteiger partial charge in [0, 0.05) is 6.42 Å². The lowest BCUT2D eigenvalue weighted by atomic mass is 9.84. The van der Waals surface area contributed by atoms with Crippen molar-refractivity contribution in [1.29, 1.82) is 0 Å². The lowest BCUT2D eigenvalue weighted by molar-refractivity contribution is 0.0962. The number of hydrogen-bond acceptors (Lipinski definition) is 0. The van der Waals surface area contributed by atoms with Crippen LogP contribution in [0, 0.1) is 5.92 Å². The second-order valence-electron chi connectivity index (χ2n) is 3.48. The molecule has 0 aromatic carbocycles. The van der Waals surface area contributed by atoms with E-state index < -0.39 is 12.3 Å². The molecule has 0 aromatic heterocycles. The van der Waals surface area contributed by atoms with Crippen molar-refractivity contribution in [3.63, 3.8) is 0 Å². The summed E-state index contributed by atoms with van der Waals surface area (Å²) in [5.74, 6) is 0.145. The molecule has 0 saturated heterocycles. The third kappa shape index (κ3) is 2.42. The monoisotopic (exact) mass is 162 g/mol. The molecular weight excluding hydrogens is 146 g/mol. The highest BCUT2D eigenvalue weighted by molar-refractivity contribution is 4.79. The van der Waals surface area contributed by atoms with E-state index in [1.165, 1.54) is 0 Å². The first-order chi connectivity index (χ1) is 5.24. The normalized spacial score (nSPS) is 39.0. The first kappa shape index (κ1) is 8.95. The molecule has 66 valence electrons. The summed E-state index contributed by atoms with van der Waals surface area (Å²) in [5, 5.41) is 0. The SMILES string of the molecule is CCCC1CCC(F)CC1F. The van der Waals surface area contributed by atoms with Crippen molar-refractivity contribution in [1.82, 2.24) is 0 Å². The second-order valence-corrected chi connectivity index (χ2v) is 3.48. The first-order valence-electron chi connectivity index (χ1n) is 4.52.